The number of ether oxygens (including phenoxy) is 1. The molecule has 0 amide bonds. The molecule has 0 saturated heterocycles. The Labute approximate surface area is 148 Å². The van der Waals surface area contributed by atoms with Crippen molar-refractivity contribution in [2.24, 2.45) is 0 Å². The lowest BCUT2D eigenvalue weighted by molar-refractivity contribution is 0.0979. The third-order valence-electron chi connectivity index (χ3n) is 4.40. The number of ketones is 1. The number of rotatable bonds is 7. The molecule has 0 heterocycles. The first-order valence-electron chi connectivity index (χ1n) is 8.14. The molecule has 2 aromatic carbocycles. The van der Waals surface area contributed by atoms with Crippen LogP contribution in [0.1, 0.15) is 41.8 Å². The van der Waals surface area contributed by atoms with Gasteiger partial charge in [-0.1, -0.05) is 32.1 Å². The van der Waals surface area contributed by atoms with Crippen LogP contribution in [0.25, 0.3) is 0 Å². The summed E-state index contributed by atoms with van der Waals surface area (Å²) in [5.74, 6) is 0.575. The van der Waals surface area contributed by atoms with Crippen LogP contribution in [0.4, 0.5) is 0 Å². The molecule has 25 heavy (non-hydrogen) atoms. The fraction of sp³-hybridized carbons (Fsp3) is 0.286. The Morgan fingerprint density at radius 1 is 1.20 bits per heavy atom. The zero-order chi connectivity index (χ0) is 18.6. The summed E-state index contributed by atoms with van der Waals surface area (Å²) in [6.07, 6.45) is 2.60. The van der Waals surface area contributed by atoms with E-state index in [0.717, 1.165) is 5.56 Å². The summed E-state index contributed by atoms with van der Waals surface area (Å²) in [6, 6.07) is 9.96. The predicted octanol–water partition coefficient (Wildman–Crippen LogP) is 4.39. The highest BCUT2D eigenvalue weighted by Crippen LogP contribution is 2.37. The molecule has 0 saturated carbocycles. The second-order valence-corrected chi connectivity index (χ2v) is 6.59. The lowest BCUT2D eigenvalue weighted by Gasteiger charge is -2.23. The number of carbonyl (C=O) groups is 1. The molecule has 4 nitrogen and oxygen atoms in total. The molecule has 0 aliphatic heterocycles. The van der Waals surface area contributed by atoms with Crippen LogP contribution in [0.5, 0.6) is 17.2 Å². The van der Waals surface area contributed by atoms with Crippen molar-refractivity contribution in [1.82, 2.24) is 0 Å². The lowest BCUT2D eigenvalue weighted by atomic mass is 9.82. The Kier molecular flexibility index (Phi) is 5.52. The number of Topliss-reactive ketones (excluding diaryl/α,β-unsaturated/α-hetero) is 1. The first-order chi connectivity index (χ1) is 11.8. The number of hydrogen-bond donors (Lipinski definition) is 2. The Hall–Kier alpha value is -2.75. The number of allylic oxidation sites excluding steroid dienone is 1. The Morgan fingerprint density at radius 3 is 2.40 bits per heavy atom. The summed E-state index contributed by atoms with van der Waals surface area (Å²) in [5, 5.41) is 19.6. The highest BCUT2D eigenvalue weighted by atomic mass is 16.5. The maximum atomic E-state index is 12.7. The van der Waals surface area contributed by atoms with E-state index in [0.29, 0.717) is 29.7 Å². The van der Waals surface area contributed by atoms with E-state index in [9.17, 15) is 15.0 Å². The predicted molar refractivity (Wildman–Crippen MR) is 98.6 cm³/mol. The lowest BCUT2D eigenvalue weighted by Crippen LogP contribution is -2.15. The van der Waals surface area contributed by atoms with Crippen LogP contribution >= 0.6 is 0 Å². The topological polar surface area (TPSA) is 66.8 Å². The number of phenols is 2. The average molecular weight is 340 g/mol. The maximum absolute atomic E-state index is 12.7. The van der Waals surface area contributed by atoms with Crippen molar-refractivity contribution in [3.63, 3.8) is 0 Å². The van der Waals surface area contributed by atoms with E-state index in [1.54, 1.807) is 36.4 Å². The molecule has 0 fully saturated rings. The van der Waals surface area contributed by atoms with Gasteiger partial charge in [0.1, 0.15) is 17.2 Å². The normalized spacial score (nSPS) is 11.2. The average Bonchev–Trinajstić information content (AvgIpc) is 2.60. The second-order valence-electron chi connectivity index (χ2n) is 6.59. The Morgan fingerprint density at radius 2 is 1.84 bits per heavy atom. The molecule has 0 aromatic heterocycles. The van der Waals surface area contributed by atoms with Gasteiger partial charge >= 0.3 is 0 Å². The summed E-state index contributed by atoms with van der Waals surface area (Å²) in [6.45, 7) is 7.65. The first-order valence-corrected chi connectivity index (χ1v) is 8.14. The third-order valence-corrected chi connectivity index (χ3v) is 4.40. The van der Waals surface area contributed by atoms with Crippen LogP contribution in [0, 0.1) is 0 Å². The van der Waals surface area contributed by atoms with Crippen molar-refractivity contribution in [3.05, 3.63) is 65.7 Å². The molecule has 0 unspecified atom stereocenters. The zero-order valence-electron chi connectivity index (χ0n) is 14.9. The molecule has 0 radical (unpaired) electrons. The van der Waals surface area contributed by atoms with E-state index in [4.69, 9.17) is 4.74 Å². The summed E-state index contributed by atoms with van der Waals surface area (Å²) in [4.78, 5) is 12.7. The highest BCUT2D eigenvalue weighted by molar-refractivity contribution is 5.99. The summed E-state index contributed by atoms with van der Waals surface area (Å²) >= 11 is 0. The van der Waals surface area contributed by atoms with E-state index >= 15 is 0 Å². The number of aromatic hydroxyl groups is 2. The van der Waals surface area contributed by atoms with E-state index < -0.39 is 5.41 Å². The zero-order valence-corrected chi connectivity index (χ0v) is 14.9. The van der Waals surface area contributed by atoms with Crippen molar-refractivity contribution >= 4 is 5.78 Å². The Balaban J connectivity index is 2.29. The monoisotopic (exact) mass is 340 g/mol. The number of hydrogen-bond acceptors (Lipinski definition) is 4. The van der Waals surface area contributed by atoms with E-state index in [2.05, 4.69) is 6.58 Å². The van der Waals surface area contributed by atoms with Gasteiger partial charge < -0.3 is 14.9 Å². The standard InChI is InChI=1S/C21H24O4/c1-5-21(2,3)17-12-16(20(25-4)13-19(17)24)18(23)11-8-14-6-9-15(22)10-7-14/h5-7,9-10,12-13,22,24H,1,8,11H2,2-4H3. The molecule has 0 aliphatic carbocycles. The molecule has 2 aromatic rings. The van der Waals surface area contributed by atoms with Gasteiger partial charge in [0, 0.05) is 23.5 Å². The van der Waals surface area contributed by atoms with Gasteiger partial charge in [0.15, 0.2) is 5.78 Å². The number of benzene rings is 2. The molecule has 4 heteroatoms. The minimum atomic E-state index is -0.470. The van der Waals surface area contributed by atoms with Crippen molar-refractivity contribution in [3.8, 4) is 17.2 Å². The number of phenolic OH excluding ortho intramolecular Hbond substituents is 2. The van der Waals surface area contributed by atoms with E-state index in [1.807, 2.05) is 13.8 Å². The van der Waals surface area contributed by atoms with Gasteiger partial charge in [0.05, 0.1) is 12.7 Å². The Bertz CT molecular complexity index is 773. The molecule has 0 aliphatic rings. The number of carbonyl (C=O) groups excluding carboxylic acids is 1. The maximum Gasteiger partial charge on any atom is 0.166 e. The van der Waals surface area contributed by atoms with E-state index in [1.165, 1.54) is 13.2 Å². The number of methoxy groups -OCH3 is 1. The fourth-order valence-electron chi connectivity index (χ4n) is 2.64. The third kappa shape index (κ3) is 4.21. The largest absolute Gasteiger partial charge is 0.508 e. The van der Waals surface area contributed by atoms with Crippen LogP contribution in [-0.4, -0.2) is 23.1 Å². The molecule has 0 bridgehead atoms. The quantitative estimate of drug-likeness (QED) is 0.579. The van der Waals surface area contributed by atoms with Crippen LogP contribution in [0.15, 0.2) is 49.1 Å². The van der Waals surface area contributed by atoms with Crippen LogP contribution in [-0.2, 0) is 11.8 Å². The molecular weight excluding hydrogens is 316 g/mol. The smallest absolute Gasteiger partial charge is 0.166 e. The van der Waals surface area contributed by atoms with Crippen LogP contribution in [0.3, 0.4) is 0 Å². The van der Waals surface area contributed by atoms with Crippen molar-refractivity contribution in [1.29, 1.82) is 0 Å². The molecular formula is C21H24O4. The van der Waals surface area contributed by atoms with Crippen molar-refractivity contribution in [2.75, 3.05) is 7.11 Å². The second kappa shape index (κ2) is 7.43. The highest BCUT2D eigenvalue weighted by Gasteiger charge is 2.24. The fourth-order valence-corrected chi connectivity index (χ4v) is 2.64. The summed E-state index contributed by atoms with van der Waals surface area (Å²) in [7, 11) is 1.48. The minimum absolute atomic E-state index is 0.0639. The van der Waals surface area contributed by atoms with Gasteiger partial charge in [-0.15, -0.1) is 6.58 Å². The van der Waals surface area contributed by atoms with Crippen molar-refractivity contribution < 1.29 is 19.7 Å². The minimum Gasteiger partial charge on any atom is -0.508 e. The SMILES string of the molecule is C=CC(C)(C)c1cc(C(=O)CCc2ccc(O)cc2)c(OC)cc1O. The van der Waals surface area contributed by atoms with Gasteiger partial charge in [-0.25, -0.2) is 0 Å². The van der Waals surface area contributed by atoms with E-state index in [-0.39, 0.29) is 17.3 Å². The van der Waals surface area contributed by atoms with Gasteiger partial charge in [-0.2, -0.15) is 0 Å². The molecule has 0 atom stereocenters. The molecule has 0 spiro atoms. The van der Waals surface area contributed by atoms with Crippen LogP contribution < -0.4 is 4.74 Å². The van der Waals surface area contributed by atoms with Gasteiger partial charge in [-0.3, -0.25) is 4.79 Å². The molecule has 2 N–H and O–H groups in total. The summed E-state index contributed by atoms with van der Waals surface area (Å²) < 4.78 is 5.28. The first kappa shape index (κ1) is 18.6. The molecule has 2 rings (SSSR count). The van der Waals surface area contributed by atoms with Gasteiger partial charge in [-0.05, 0) is 30.2 Å². The number of aryl methyl sites for hydroxylation is 1. The van der Waals surface area contributed by atoms with Crippen LogP contribution in [0.2, 0.25) is 0 Å². The summed E-state index contributed by atoms with van der Waals surface area (Å²) in [5.41, 5.74) is 1.58. The van der Waals surface area contributed by atoms with Gasteiger partial charge in [0.2, 0.25) is 0 Å². The van der Waals surface area contributed by atoms with Crippen molar-refractivity contribution in [2.45, 2.75) is 32.1 Å². The van der Waals surface area contributed by atoms with Gasteiger partial charge in [0.25, 0.3) is 0 Å². The molecule has 132 valence electrons.